The number of carbonyl (C=O) groups excluding carboxylic acids is 3. The second-order valence-corrected chi connectivity index (χ2v) is 1.82. The van der Waals surface area contributed by atoms with Crippen molar-refractivity contribution >= 4 is 17.8 Å². The molecule has 4 amide bonds. The van der Waals surface area contributed by atoms with Crippen molar-refractivity contribution in [1.82, 2.24) is 16.2 Å². The van der Waals surface area contributed by atoms with Crippen LogP contribution in [0.2, 0.25) is 0 Å². The van der Waals surface area contributed by atoms with Gasteiger partial charge in [0.1, 0.15) is 0 Å². The molecule has 0 fully saturated rings. The molecule has 0 saturated heterocycles. The van der Waals surface area contributed by atoms with Crippen molar-refractivity contribution in [3.05, 3.63) is 0 Å². The largest absolute Gasteiger partial charge is 0.340 e. The fraction of sp³-hybridized carbons (Fsp3) is 0.400. The summed E-state index contributed by atoms with van der Waals surface area (Å²) in [5.41, 5.74) is 3.94. The maximum absolute atomic E-state index is 10.5. The van der Waals surface area contributed by atoms with E-state index in [1.54, 1.807) is 0 Å². The van der Waals surface area contributed by atoms with E-state index < -0.39 is 17.8 Å². The molecule has 0 aromatic carbocycles. The minimum atomic E-state index is -0.757. The van der Waals surface area contributed by atoms with Crippen molar-refractivity contribution in [2.45, 2.75) is 13.8 Å². The van der Waals surface area contributed by atoms with Crippen LogP contribution < -0.4 is 16.2 Å². The second kappa shape index (κ2) is 4.26. The van der Waals surface area contributed by atoms with Gasteiger partial charge >= 0.3 is 6.03 Å². The molecule has 0 aromatic rings. The third-order valence-electron chi connectivity index (χ3n) is 0.642. The lowest BCUT2D eigenvalue weighted by molar-refractivity contribution is -0.120. The molecule has 0 unspecified atom stereocenters. The van der Waals surface area contributed by atoms with Gasteiger partial charge in [-0.25, -0.2) is 10.2 Å². The second-order valence-electron chi connectivity index (χ2n) is 1.82. The normalized spacial score (nSPS) is 8.18. The van der Waals surface area contributed by atoms with E-state index in [1.165, 1.54) is 13.8 Å². The fourth-order valence-electron chi connectivity index (χ4n) is 0.336. The molecule has 0 aliphatic heterocycles. The molecule has 11 heavy (non-hydrogen) atoms. The highest BCUT2D eigenvalue weighted by Gasteiger charge is 2.00. The Morgan fingerprint density at radius 2 is 1.45 bits per heavy atom. The first kappa shape index (κ1) is 9.41. The molecule has 0 atom stereocenters. The highest BCUT2D eigenvalue weighted by atomic mass is 16.2. The maximum atomic E-state index is 10.5. The quantitative estimate of drug-likeness (QED) is 0.391. The Labute approximate surface area is 63.3 Å². The van der Waals surface area contributed by atoms with E-state index in [-0.39, 0.29) is 0 Å². The van der Waals surface area contributed by atoms with Crippen molar-refractivity contribution < 1.29 is 14.4 Å². The first-order chi connectivity index (χ1) is 5.02. The van der Waals surface area contributed by atoms with Crippen LogP contribution in [0.4, 0.5) is 4.79 Å². The van der Waals surface area contributed by atoms with Gasteiger partial charge in [-0.1, -0.05) is 0 Å². The minimum absolute atomic E-state index is 0.413. The molecular formula is C5H9N3O3. The van der Waals surface area contributed by atoms with E-state index in [0.29, 0.717) is 0 Å². The molecule has 3 N–H and O–H groups in total. The number of imide groups is 1. The summed E-state index contributed by atoms with van der Waals surface area (Å²) in [5, 5.41) is 1.89. The van der Waals surface area contributed by atoms with Gasteiger partial charge in [0, 0.05) is 13.8 Å². The van der Waals surface area contributed by atoms with E-state index in [1.807, 2.05) is 16.2 Å². The third-order valence-corrected chi connectivity index (χ3v) is 0.642. The molecule has 0 aromatic heterocycles. The van der Waals surface area contributed by atoms with Crippen molar-refractivity contribution in [2.24, 2.45) is 0 Å². The van der Waals surface area contributed by atoms with Crippen molar-refractivity contribution in [2.75, 3.05) is 0 Å². The van der Waals surface area contributed by atoms with Crippen molar-refractivity contribution in [3.63, 3.8) is 0 Å². The molecule has 62 valence electrons. The summed E-state index contributed by atoms with van der Waals surface area (Å²) in [5.74, 6) is -0.906. The van der Waals surface area contributed by atoms with Gasteiger partial charge in [-0.2, -0.15) is 0 Å². The molecular weight excluding hydrogens is 150 g/mol. The van der Waals surface area contributed by atoms with Crippen LogP contribution >= 0.6 is 0 Å². The van der Waals surface area contributed by atoms with Gasteiger partial charge in [0.2, 0.25) is 11.8 Å². The molecule has 6 heteroatoms. The lowest BCUT2D eigenvalue weighted by atomic mass is 10.7. The lowest BCUT2D eigenvalue weighted by Crippen LogP contribution is -2.47. The lowest BCUT2D eigenvalue weighted by Gasteiger charge is -2.03. The first-order valence-electron chi connectivity index (χ1n) is 2.86. The van der Waals surface area contributed by atoms with Crippen LogP contribution in [0.1, 0.15) is 13.8 Å². The van der Waals surface area contributed by atoms with E-state index in [4.69, 9.17) is 0 Å². The molecule has 0 radical (unpaired) electrons. The predicted octanol–water partition coefficient (Wildman–Crippen LogP) is -1.12. The van der Waals surface area contributed by atoms with Crippen molar-refractivity contribution in [3.8, 4) is 0 Å². The molecule has 0 saturated carbocycles. The number of rotatable bonds is 0. The Hall–Kier alpha value is -1.59. The number of amides is 4. The Morgan fingerprint density at radius 3 is 1.82 bits per heavy atom. The zero-order chi connectivity index (χ0) is 8.85. The van der Waals surface area contributed by atoms with E-state index in [9.17, 15) is 14.4 Å². The highest BCUT2D eigenvalue weighted by Crippen LogP contribution is 1.62. The van der Waals surface area contributed by atoms with E-state index in [0.717, 1.165) is 0 Å². The minimum Gasteiger partial charge on any atom is -0.277 e. The Balaban J connectivity index is 3.53. The fourth-order valence-corrected chi connectivity index (χ4v) is 0.336. The summed E-state index contributed by atoms with van der Waals surface area (Å²) in [7, 11) is 0. The molecule has 0 aliphatic rings. The SMILES string of the molecule is CC(=O)NNC(=O)NC(C)=O. The zero-order valence-electron chi connectivity index (χ0n) is 6.22. The Morgan fingerprint density at radius 1 is 0.909 bits per heavy atom. The number of hydrogen-bond acceptors (Lipinski definition) is 3. The van der Waals surface area contributed by atoms with Crippen molar-refractivity contribution in [1.29, 1.82) is 0 Å². The van der Waals surface area contributed by atoms with Crippen LogP contribution in [-0.2, 0) is 9.59 Å². The van der Waals surface area contributed by atoms with Gasteiger partial charge in [-0.05, 0) is 0 Å². The topological polar surface area (TPSA) is 87.3 Å². The third kappa shape index (κ3) is 6.29. The van der Waals surface area contributed by atoms with Gasteiger partial charge in [0.05, 0.1) is 0 Å². The molecule has 0 rings (SSSR count). The molecule has 0 heterocycles. The van der Waals surface area contributed by atoms with Gasteiger partial charge in [0.15, 0.2) is 0 Å². The Bertz CT molecular complexity index is 189. The summed E-state index contributed by atoms with van der Waals surface area (Å²) in [6, 6.07) is -0.757. The standard InChI is InChI=1S/C5H9N3O3/c1-3(9)6-5(11)8-7-4(2)10/h1-2H3,(H,7,10)(H2,6,8,9,11). The van der Waals surface area contributed by atoms with Gasteiger partial charge < -0.3 is 0 Å². The summed E-state index contributed by atoms with van der Waals surface area (Å²) in [6.07, 6.45) is 0. The monoisotopic (exact) mass is 159 g/mol. The van der Waals surface area contributed by atoms with Crippen LogP contribution in [0.15, 0.2) is 0 Å². The van der Waals surface area contributed by atoms with Crippen LogP contribution in [0.25, 0.3) is 0 Å². The average Bonchev–Trinajstić information content (AvgIpc) is 1.82. The number of nitrogens with one attached hydrogen (secondary N) is 3. The maximum Gasteiger partial charge on any atom is 0.340 e. The predicted molar refractivity (Wildman–Crippen MR) is 36.2 cm³/mol. The first-order valence-corrected chi connectivity index (χ1v) is 2.86. The summed E-state index contributed by atoms with van der Waals surface area (Å²) in [4.78, 5) is 30.9. The Kier molecular flexibility index (Phi) is 3.65. The summed E-state index contributed by atoms with van der Waals surface area (Å²) in [6.45, 7) is 2.42. The highest BCUT2D eigenvalue weighted by molar-refractivity contribution is 5.93. The van der Waals surface area contributed by atoms with Gasteiger partial charge in [-0.3, -0.25) is 20.3 Å². The van der Waals surface area contributed by atoms with E-state index >= 15 is 0 Å². The van der Waals surface area contributed by atoms with Crippen LogP contribution in [-0.4, -0.2) is 17.8 Å². The zero-order valence-corrected chi connectivity index (χ0v) is 6.22. The number of hydrazine groups is 1. The molecule has 0 bridgehead atoms. The van der Waals surface area contributed by atoms with Gasteiger partial charge in [-0.15, -0.1) is 0 Å². The molecule has 0 aliphatic carbocycles. The van der Waals surface area contributed by atoms with E-state index in [2.05, 4.69) is 0 Å². The summed E-state index contributed by atoms with van der Waals surface area (Å²) >= 11 is 0. The molecule has 0 spiro atoms. The number of carbonyl (C=O) groups is 3. The van der Waals surface area contributed by atoms with Crippen LogP contribution in [0, 0.1) is 0 Å². The van der Waals surface area contributed by atoms with Crippen LogP contribution in [0.5, 0.6) is 0 Å². The summed E-state index contributed by atoms with van der Waals surface area (Å²) < 4.78 is 0. The smallest absolute Gasteiger partial charge is 0.277 e. The number of urea groups is 1. The number of hydrogen-bond donors (Lipinski definition) is 3. The average molecular weight is 159 g/mol. The van der Waals surface area contributed by atoms with Crippen LogP contribution in [0.3, 0.4) is 0 Å². The molecule has 6 nitrogen and oxygen atoms in total. The van der Waals surface area contributed by atoms with Gasteiger partial charge in [0.25, 0.3) is 0 Å².